The van der Waals surface area contributed by atoms with Gasteiger partial charge in [-0.2, -0.15) is 0 Å². The van der Waals surface area contributed by atoms with E-state index >= 15 is 0 Å². The minimum atomic E-state index is 0.129. The summed E-state index contributed by atoms with van der Waals surface area (Å²) in [5, 5.41) is 2.23. The lowest BCUT2D eigenvalue weighted by molar-refractivity contribution is 0.104. The van der Waals surface area contributed by atoms with Crippen LogP contribution in [0, 0.1) is 0 Å². The van der Waals surface area contributed by atoms with Crippen LogP contribution in [0.3, 0.4) is 0 Å². The number of fused-ring (bicyclic) bond motifs is 2. The molecule has 1 aliphatic carbocycles. The van der Waals surface area contributed by atoms with Gasteiger partial charge in [-0.25, -0.2) is 0 Å². The molecule has 0 N–H and O–H groups in total. The van der Waals surface area contributed by atoms with Crippen molar-refractivity contribution in [2.75, 3.05) is 0 Å². The summed E-state index contributed by atoms with van der Waals surface area (Å²) in [6, 6.07) is 29.0. The van der Waals surface area contributed by atoms with Gasteiger partial charge in [-0.3, -0.25) is 4.79 Å². The molecule has 118 valence electrons. The van der Waals surface area contributed by atoms with Gasteiger partial charge in [0.05, 0.1) is 0 Å². The number of hydrogen-bond acceptors (Lipinski definition) is 1. The fourth-order valence-corrected chi connectivity index (χ4v) is 3.89. The molecule has 0 amide bonds. The molecule has 0 unspecified atom stereocenters. The third kappa shape index (κ3) is 2.20. The normalized spacial score (nSPS) is 12.2. The van der Waals surface area contributed by atoms with Crippen molar-refractivity contribution in [1.29, 1.82) is 0 Å². The Kier molecular flexibility index (Phi) is 3.07. The fourth-order valence-electron chi connectivity index (χ4n) is 3.89. The minimum Gasteiger partial charge on any atom is -0.289 e. The standard InChI is InChI=1S/C24H16O/c25-24-20-11-5-4-10-19(20)22-15-17(13-16-7-2-1-3-8-16)14-18-9-6-12-21(24)23(18)22/h1-12,14-15H,13H2. The van der Waals surface area contributed by atoms with Crippen molar-refractivity contribution in [3.8, 4) is 11.1 Å². The molecule has 1 heteroatoms. The van der Waals surface area contributed by atoms with Crippen molar-refractivity contribution in [2.24, 2.45) is 0 Å². The lowest BCUT2D eigenvalue weighted by Gasteiger charge is -2.21. The Morgan fingerprint density at radius 1 is 0.560 bits per heavy atom. The van der Waals surface area contributed by atoms with E-state index in [4.69, 9.17) is 0 Å². The molecule has 25 heavy (non-hydrogen) atoms. The summed E-state index contributed by atoms with van der Waals surface area (Å²) in [6.07, 6.45) is 0.893. The van der Waals surface area contributed by atoms with Gasteiger partial charge in [0, 0.05) is 16.5 Å². The van der Waals surface area contributed by atoms with Crippen LogP contribution >= 0.6 is 0 Å². The van der Waals surface area contributed by atoms with Gasteiger partial charge in [0.1, 0.15) is 0 Å². The van der Waals surface area contributed by atoms with Crippen LogP contribution in [0.5, 0.6) is 0 Å². The van der Waals surface area contributed by atoms with Gasteiger partial charge in [0.15, 0.2) is 5.78 Å². The van der Waals surface area contributed by atoms with Gasteiger partial charge >= 0.3 is 0 Å². The summed E-state index contributed by atoms with van der Waals surface area (Å²) < 4.78 is 0. The molecule has 0 aromatic heterocycles. The molecule has 0 bridgehead atoms. The van der Waals surface area contributed by atoms with E-state index in [9.17, 15) is 4.79 Å². The molecule has 0 fully saturated rings. The van der Waals surface area contributed by atoms with E-state index in [0.717, 1.165) is 33.9 Å². The van der Waals surface area contributed by atoms with Gasteiger partial charge in [0.25, 0.3) is 0 Å². The lowest BCUT2D eigenvalue weighted by atomic mass is 9.81. The van der Waals surface area contributed by atoms with E-state index in [0.29, 0.717) is 0 Å². The molecule has 1 nitrogen and oxygen atoms in total. The molecule has 0 atom stereocenters. The first-order chi connectivity index (χ1) is 12.3. The van der Waals surface area contributed by atoms with Gasteiger partial charge in [-0.05, 0) is 34.1 Å². The van der Waals surface area contributed by atoms with Crippen LogP contribution < -0.4 is 0 Å². The monoisotopic (exact) mass is 320 g/mol. The van der Waals surface area contributed by atoms with E-state index in [2.05, 4.69) is 48.5 Å². The van der Waals surface area contributed by atoms with Crippen molar-refractivity contribution in [1.82, 2.24) is 0 Å². The van der Waals surface area contributed by atoms with Crippen LogP contribution in [-0.2, 0) is 6.42 Å². The van der Waals surface area contributed by atoms with E-state index in [1.807, 2.05) is 36.4 Å². The van der Waals surface area contributed by atoms with E-state index in [1.54, 1.807) is 0 Å². The third-order valence-corrected chi connectivity index (χ3v) is 4.99. The number of carbonyl (C=O) groups is 1. The highest BCUT2D eigenvalue weighted by molar-refractivity contribution is 6.25. The van der Waals surface area contributed by atoms with Crippen LogP contribution in [-0.4, -0.2) is 5.78 Å². The molecular weight excluding hydrogens is 304 g/mol. The van der Waals surface area contributed by atoms with Crippen LogP contribution in [0.4, 0.5) is 0 Å². The number of ketones is 1. The second kappa shape index (κ2) is 5.42. The van der Waals surface area contributed by atoms with Crippen molar-refractivity contribution in [2.45, 2.75) is 6.42 Å². The Balaban J connectivity index is 1.78. The summed E-state index contributed by atoms with van der Waals surface area (Å²) in [5.74, 6) is 0.129. The van der Waals surface area contributed by atoms with Gasteiger partial charge in [-0.15, -0.1) is 0 Å². The van der Waals surface area contributed by atoms with Gasteiger partial charge < -0.3 is 0 Å². The molecule has 5 rings (SSSR count). The van der Waals surface area contributed by atoms with Gasteiger partial charge in [0.2, 0.25) is 0 Å². The topological polar surface area (TPSA) is 17.1 Å². The summed E-state index contributed by atoms with van der Waals surface area (Å²) in [5.41, 5.74) is 6.41. The first kappa shape index (κ1) is 14.2. The molecule has 4 aromatic carbocycles. The molecule has 4 aromatic rings. The van der Waals surface area contributed by atoms with Gasteiger partial charge in [-0.1, -0.05) is 84.9 Å². The Hall–Kier alpha value is -3.19. The first-order valence-electron chi connectivity index (χ1n) is 8.55. The Labute approximate surface area is 146 Å². The third-order valence-electron chi connectivity index (χ3n) is 4.99. The molecule has 1 aliphatic rings. The summed E-state index contributed by atoms with van der Waals surface area (Å²) >= 11 is 0. The predicted octanol–water partition coefficient (Wildman–Crippen LogP) is 5.64. The molecule has 0 saturated heterocycles. The van der Waals surface area contributed by atoms with E-state index < -0.39 is 0 Å². The average Bonchev–Trinajstić information content (AvgIpc) is 2.66. The number of carbonyl (C=O) groups excluding carboxylic acids is 1. The van der Waals surface area contributed by atoms with E-state index in [-0.39, 0.29) is 5.78 Å². The smallest absolute Gasteiger partial charge is 0.194 e. The molecule has 0 radical (unpaired) electrons. The second-order valence-corrected chi connectivity index (χ2v) is 6.58. The molecular formula is C24H16O. The SMILES string of the molecule is O=C1c2ccccc2-c2cc(Cc3ccccc3)cc3cccc1c23. The summed E-state index contributed by atoms with van der Waals surface area (Å²) in [7, 11) is 0. The zero-order chi connectivity index (χ0) is 16.8. The van der Waals surface area contributed by atoms with Crippen molar-refractivity contribution in [3.63, 3.8) is 0 Å². The second-order valence-electron chi connectivity index (χ2n) is 6.58. The molecule has 0 aliphatic heterocycles. The first-order valence-corrected chi connectivity index (χ1v) is 8.55. The van der Waals surface area contributed by atoms with Crippen LogP contribution in [0.25, 0.3) is 21.9 Å². The highest BCUT2D eigenvalue weighted by Crippen LogP contribution is 2.40. The maximum absolute atomic E-state index is 12.9. The molecule has 0 heterocycles. The number of hydrogen-bond donors (Lipinski definition) is 0. The molecule has 0 spiro atoms. The maximum Gasteiger partial charge on any atom is 0.194 e. The van der Waals surface area contributed by atoms with Crippen LogP contribution in [0.1, 0.15) is 27.0 Å². The Bertz CT molecular complexity index is 1120. The average molecular weight is 320 g/mol. The Morgan fingerprint density at radius 3 is 2.12 bits per heavy atom. The van der Waals surface area contributed by atoms with E-state index in [1.165, 1.54) is 16.7 Å². The van der Waals surface area contributed by atoms with Crippen molar-refractivity contribution < 1.29 is 4.79 Å². The lowest BCUT2D eigenvalue weighted by Crippen LogP contribution is -2.10. The largest absolute Gasteiger partial charge is 0.289 e. The van der Waals surface area contributed by atoms with Crippen molar-refractivity contribution in [3.05, 3.63) is 107 Å². The minimum absolute atomic E-state index is 0.129. The molecule has 0 saturated carbocycles. The highest BCUT2D eigenvalue weighted by Gasteiger charge is 2.24. The maximum atomic E-state index is 12.9. The van der Waals surface area contributed by atoms with Crippen LogP contribution in [0.2, 0.25) is 0 Å². The number of rotatable bonds is 2. The zero-order valence-electron chi connectivity index (χ0n) is 13.7. The van der Waals surface area contributed by atoms with Crippen molar-refractivity contribution >= 4 is 16.6 Å². The summed E-state index contributed by atoms with van der Waals surface area (Å²) in [4.78, 5) is 12.9. The predicted molar refractivity (Wildman–Crippen MR) is 102 cm³/mol. The number of benzene rings is 4. The Morgan fingerprint density at radius 2 is 1.28 bits per heavy atom. The quantitative estimate of drug-likeness (QED) is 0.411. The van der Waals surface area contributed by atoms with Crippen LogP contribution in [0.15, 0.2) is 84.9 Å². The zero-order valence-corrected chi connectivity index (χ0v) is 13.7. The highest BCUT2D eigenvalue weighted by atomic mass is 16.1. The summed E-state index contributed by atoms with van der Waals surface area (Å²) in [6.45, 7) is 0. The fraction of sp³-hybridized carbons (Fsp3) is 0.0417.